The van der Waals surface area contributed by atoms with Crippen LogP contribution in [0.2, 0.25) is 0 Å². The molecule has 1 aliphatic carbocycles. The number of hydrogen-bond acceptors (Lipinski definition) is 2. The Kier molecular flexibility index (Phi) is 3.62. The molecule has 1 aromatic carbocycles. The Hall–Kier alpha value is -0.860. The van der Waals surface area contributed by atoms with Gasteiger partial charge in [0, 0.05) is 6.04 Å². The number of rotatable bonds is 5. The molecule has 0 radical (unpaired) electrons. The number of benzene rings is 1. The molecule has 0 aliphatic heterocycles. The van der Waals surface area contributed by atoms with Crippen LogP contribution in [0.4, 0.5) is 0 Å². The van der Waals surface area contributed by atoms with Crippen LogP contribution in [0, 0.1) is 12.8 Å². The minimum absolute atomic E-state index is 0.0421. The van der Waals surface area contributed by atoms with Crippen LogP contribution < -0.4 is 5.73 Å². The molecule has 0 amide bonds. The Balaban J connectivity index is 2.04. The highest BCUT2D eigenvalue weighted by Crippen LogP contribution is 2.31. The zero-order valence-corrected chi connectivity index (χ0v) is 10.1. The Labute approximate surface area is 97.8 Å². The largest absolute Gasteiger partial charge is 0.372 e. The van der Waals surface area contributed by atoms with Crippen molar-refractivity contribution in [3.05, 3.63) is 35.4 Å². The van der Waals surface area contributed by atoms with Crippen LogP contribution in [-0.2, 0) is 4.74 Å². The molecular formula is C14H21NO. The summed E-state index contributed by atoms with van der Waals surface area (Å²) in [7, 11) is 0. The second-order valence-electron chi connectivity index (χ2n) is 4.97. The lowest BCUT2D eigenvalue weighted by Gasteiger charge is -2.22. The van der Waals surface area contributed by atoms with Crippen molar-refractivity contribution in [2.75, 3.05) is 6.61 Å². The van der Waals surface area contributed by atoms with Gasteiger partial charge in [0.05, 0.1) is 12.7 Å². The van der Waals surface area contributed by atoms with E-state index in [1.54, 1.807) is 0 Å². The van der Waals surface area contributed by atoms with Crippen molar-refractivity contribution in [1.82, 2.24) is 0 Å². The molecule has 0 bridgehead atoms. The maximum Gasteiger partial charge on any atom is 0.0973 e. The molecule has 0 aromatic heterocycles. The average Bonchev–Trinajstić information content (AvgIpc) is 3.01. The van der Waals surface area contributed by atoms with E-state index in [1.807, 2.05) is 6.92 Å². The van der Waals surface area contributed by atoms with E-state index in [0.29, 0.717) is 0 Å². The van der Waals surface area contributed by atoms with Gasteiger partial charge in [-0.05, 0) is 38.2 Å². The summed E-state index contributed by atoms with van der Waals surface area (Å²) in [6.45, 7) is 4.97. The van der Waals surface area contributed by atoms with E-state index in [9.17, 15) is 0 Å². The van der Waals surface area contributed by atoms with Crippen LogP contribution in [0.3, 0.4) is 0 Å². The van der Waals surface area contributed by atoms with Crippen LogP contribution in [-0.4, -0.2) is 12.6 Å². The number of hydrogen-bond donors (Lipinski definition) is 1. The third-order valence-corrected chi connectivity index (χ3v) is 3.06. The van der Waals surface area contributed by atoms with Gasteiger partial charge in [-0.1, -0.05) is 29.8 Å². The first-order valence-corrected chi connectivity index (χ1v) is 6.10. The van der Waals surface area contributed by atoms with Gasteiger partial charge >= 0.3 is 0 Å². The van der Waals surface area contributed by atoms with Crippen LogP contribution in [0.25, 0.3) is 0 Å². The summed E-state index contributed by atoms with van der Waals surface area (Å²) in [6, 6.07) is 8.48. The number of nitrogens with two attached hydrogens (primary N) is 1. The molecule has 16 heavy (non-hydrogen) atoms. The van der Waals surface area contributed by atoms with Crippen LogP contribution in [0.1, 0.15) is 37.0 Å². The normalized spacial score (nSPS) is 19.4. The predicted molar refractivity (Wildman–Crippen MR) is 66.2 cm³/mol. The molecule has 2 nitrogen and oxygen atoms in total. The maximum atomic E-state index is 6.00. The molecule has 2 atom stereocenters. The van der Waals surface area contributed by atoms with Gasteiger partial charge in [-0.25, -0.2) is 0 Å². The Morgan fingerprint density at radius 2 is 2.19 bits per heavy atom. The molecule has 2 N–H and O–H groups in total. The fourth-order valence-electron chi connectivity index (χ4n) is 1.92. The van der Waals surface area contributed by atoms with E-state index in [1.165, 1.54) is 24.0 Å². The van der Waals surface area contributed by atoms with Gasteiger partial charge in [0.25, 0.3) is 0 Å². The molecule has 88 valence electrons. The Morgan fingerprint density at radius 3 is 2.75 bits per heavy atom. The van der Waals surface area contributed by atoms with Crippen LogP contribution >= 0.6 is 0 Å². The van der Waals surface area contributed by atoms with Crippen molar-refractivity contribution < 1.29 is 4.74 Å². The minimum Gasteiger partial charge on any atom is -0.372 e. The van der Waals surface area contributed by atoms with Crippen molar-refractivity contribution in [1.29, 1.82) is 0 Å². The number of aryl methyl sites for hydroxylation is 1. The second-order valence-corrected chi connectivity index (χ2v) is 4.97. The summed E-state index contributed by atoms with van der Waals surface area (Å²) >= 11 is 0. The van der Waals surface area contributed by atoms with E-state index >= 15 is 0 Å². The minimum atomic E-state index is 0.0421. The summed E-state index contributed by atoms with van der Waals surface area (Å²) in [5, 5.41) is 0. The highest BCUT2D eigenvalue weighted by atomic mass is 16.5. The lowest BCUT2D eigenvalue weighted by molar-refractivity contribution is 0.0314. The summed E-state index contributed by atoms with van der Waals surface area (Å²) in [5.74, 6) is 0.783. The van der Waals surface area contributed by atoms with E-state index in [2.05, 4.69) is 31.2 Å². The van der Waals surface area contributed by atoms with Crippen molar-refractivity contribution in [3.8, 4) is 0 Å². The second kappa shape index (κ2) is 4.98. The van der Waals surface area contributed by atoms with Gasteiger partial charge in [-0.3, -0.25) is 0 Å². The average molecular weight is 219 g/mol. The van der Waals surface area contributed by atoms with E-state index < -0.39 is 0 Å². The molecule has 2 unspecified atom stereocenters. The highest BCUT2D eigenvalue weighted by Gasteiger charge is 2.25. The molecule has 0 heterocycles. The quantitative estimate of drug-likeness (QED) is 0.826. The van der Waals surface area contributed by atoms with Crippen LogP contribution in [0.15, 0.2) is 24.3 Å². The first-order chi connectivity index (χ1) is 7.66. The third-order valence-electron chi connectivity index (χ3n) is 3.06. The van der Waals surface area contributed by atoms with Crippen molar-refractivity contribution >= 4 is 0 Å². The smallest absolute Gasteiger partial charge is 0.0973 e. The number of ether oxygens (including phenoxy) is 1. The van der Waals surface area contributed by atoms with Gasteiger partial charge in [0.1, 0.15) is 0 Å². The summed E-state index contributed by atoms with van der Waals surface area (Å²) in [5.41, 5.74) is 8.47. The van der Waals surface area contributed by atoms with Gasteiger partial charge in [0.15, 0.2) is 0 Å². The molecule has 2 heteroatoms. The molecule has 1 aliphatic rings. The molecular weight excluding hydrogens is 198 g/mol. The zero-order chi connectivity index (χ0) is 11.5. The highest BCUT2D eigenvalue weighted by molar-refractivity contribution is 5.25. The van der Waals surface area contributed by atoms with Crippen molar-refractivity contribution in [3.63, 3.8) is 0 Å². The summed E-state index contributed by atoms with van der Waals surface area (Å²) < 4.78 is 5.94. The molecule has 1 aromatic rings. The van der Waals surface area contributed by atoms with Gasteiger partial charge in [0.2, 0.25) is 0 Å². The fourth-order valence-corrected chi connectivity index (χ4v) is 1.92. The lowest BCUT2D eigenvalue weighted by atomic mass is 10.0. The van der Waals surface area contributed by atoms with E-state index in [0.717, 1.165) is 12.5 Å². The molecule has 1 fully saturated rings. The molecule has 0 saturated heterocycles. The van der Waals surface area contributed by atoms with Crippen molar-refractivity contribution in [2.24, 2.45) is 11.7 Å². The predicted octanol–water partition coefficient (Wildman–Crippen LogP) is 2.81. The topological polar surface area (TPSA) is 35.2 Å². The monoisotopic (exact) mass is 219 g/mol. The van der Waals surface area contributed by atoms with Crippen LogP contribution in [0.5, 0.6) is 0 Å². The SMILES string of the molecule is Cc1cccc(C(OCC2CC2)C(C)N)c1. The standard InChI is InChI=1S/C14H21NO/c1-10-4-3-5-13(8-10)14(11(2)15)16-9-12-6-7-12/h3-5,8,11-12,14H,6-7,9,15H2,1-2H3. The lowest BCUT2D eigenvalue weighted by Crippen LogP contribution is -2.27. The zero-order valence-electron chi connectivity index (χ0n) is 10.1. The third kappa shape index (κ3) is 3.06. The summed E-state index contributed by atoms with van der Waals surface area (Å²) in [4.78, 5) is 0. The van der Waals surface area contributed by atoms with E-state index in [4.69, 9.17) is 10.5 Å². The fraction of sp³-hybridized carbons (Fsp3) is 0.571. The Morgan fingerprint density at radius 1 is 1.44 bits per heavy atom. The van der Waals surface area contributed by atoms with Crippen molar-refractivity contribution in [2.45, 2.75) is 38.8 Å². The van der Waals surface area contributed by atoms with Gasteiger partial charge in [-0.15, -0.1) is 0 Å². The summed E-state index contributed by atoms with van der Waals surface area (Å²) in [6.07, 6.45) is 2.68. The van der Waals surface area contributed by atoms with Gasteiger partial charge < -0.3 is 10.5 Å². The molecule has 2 rings (SSSR count). The van der Waals surface area contributed by atoms with E-state index in [-0.39, 0.29) is 12.1 Å². The Bertz CT molecular complexity index is 344. The first kappa shape index (κ1) is 11.6. The van der Waals surface area contributed by atoms with Gasteiger partial charge in [-0.2, -0.15) is 0 Å². The first-order valence-electron chi connectivity index (χ1n) is 6.10. The molecule has 0 spiro atoms. The molecule has 1 saturated carbocycles. The maximum absolute atomic E-state index is 6.00.